The molecule has 3 N–H and O–H groups in total. The van der Waals surface area contributed by atoms with Gasteiger partial charge in [-0.05, 0) is 66.4 Å². The number of carbonyl (C=O) groups is 2. The molecule has 3 amide bonds. The van der Waals surface area contributed by atoms with Crippen molar-refractivity contribution >= 4 is 23.5 Å². The van der Waals surface area contributed by atoms with Crippen LogP contribution in [0.4, 0.5) is 21.0 Å². The number of oxazole rings is 1. The summed E-state index contributed by atoms with van der Waals surface area (Å²) >= 11 is 0. The summed E-state index contributed by atoms with van der Waals surface area (Å²) in [6, 6.07) is 18.0. The van der Waals surface area contributed by atoms with Gasteiger partial charge >= 0.3 is 12.1 Å². The van der Waals surface area contributed by atoms with Gasteiger partial charge in [-0.2, -0.15) is 5.26 Å². The predicted molar refractivity (Wildman–Crippen MR) is 173 cm³/mol. The Labute approximate surface area is 268 Å². The van der Waals surface area contributed by atoms with E-state index in [0.717, 1.165) is 23.2 Å². The molecule has 0 bridgehead atoms. The van der Waals surface area contributed by atoms with E-state index in [4.69, 9.17) is 23.6 Å². The summed E-state index contributed by atoms with van der Waals surface area (Å²) in [5.74, 6) is 1.69. The van der Waals surface area contributed by atoms with E-state index in [-0.39, 0.29) is 19.8 Å². The van der Waals surface area contributed by atoms with Crippen LogP contribution in [0.1, 0.15) is 37.2 Å². The summed E-state index contributed by atoms with van der Waals surface area (Å²) in [5, 5.41) is 17.5. The topological polar surface area (TPSA) is 155 Å². The number of urea groups is 1. The zero-order valence-corrected chi connectivity index (χ0v) is 26.3. The molecule has 4 aromatic rings. The van der Waals surface area contributed by atoms with Gasteiger partial charge in [0.2, 0.25) is 0 Å². The van der Waals surface area contributed by atoms with Crippen molar-refractivity contribution in [3.8, 4) is 17.4 Å². The lowest BCUT2D eigenvalue weighted by molar-refractivity contribution is -0.00776. The number of hydrogen-bond acceptors (Lipinski definition) is 9. The molecule has 0 aliphatic rings. The zero-order chi connectivity index (χ0) is 32.7. The summed E-state index contributed by atoms with van der Waals surface area (Å²) in [7, 11) is 0. The number of nitrogens with zero attached hydrogens (tertiary/aromatic N) is 3. The third-order valence-corrected chi connectivity index (χ3v) is 6.83. The number of nitrogens with one attached hydrogen (secondary N) is 3. The molecule has 0 saturated heterocycles. The maximum Gasteiger partial charge on any atom is 0.407 e. The Morgan fingerprint density at radius 2 is 1.87 bits per heavy atom. The lowest BCUT2D eigenvalue weighted by Crippen LogP contribution is -2.41. The molecule has 0 saturated carbocycles. The van der Waals surface area contributed by atoms with Crippen LogP contribution in [-0.4, -0.2) is 54.4 Å². The number of alkyl carbamates (subject to hydrolysis) is 1. The minimum Gasteiger partial charge on any atom is -0.467 e. The van der Waals surface area contributed by atoms with Gasteiger partial charge in [-0.15, -0.1) is 0 Å². The monoisotopic (exact) mass is 628 g/mol. The summed E-state index contributed by atoms with van der Waals surface area (Å²) in [6.45, 7) is 8.45. The lowest BCUT2D eigenvalue weighted by Gasteiger charge is -2.28. The van der Waals surface area contributed by atoms with E-state index in [1.165, 1.54) is 6.39 Å². The molecule has 12 nitrogen and oxygen atoms in total. The van der Waals surface area contributed by atoms with Crippen LogP contribution in [0.15, 0.2) is 82.3 Å². The smallest absolute Gasteiger partial charge is 0.407 e. The number of amides is 3. The fourth-order valence-corrected chi connectivity index (χ4v) is 4.87. The van der Waals surface area contributed by atoms with Crippen molar-refractivity contribution in [3.63, 3.8) is 0 Å². The van der Waals surface area contributed by atoms with Gasteiger partial charge in [0.05, 0.1) is 25.1 Å². The highest BCUT2D eigenvalue weighted by Crippen LogP contribution is 2.25. The molecule has 46 heavy (non-hydrogen) atoms. The fourth-order valence-electron chi connectivity index (χ4n) is 4.87. The van der Waals surface area contributed by atoms with Gasteiger partial charge in [0.25, 0.3) is 0 Å². The van der Waals surface area contributed by atoms with Crippen LogP contribution in [0.5, 0.6) is 0 Å². The number of anilines is 2. The van der Waals surface area contributed by atoms with Crippen molar-refractivity contribution in [3.05, 3.63) is 90.3 Å². The van der Waals surface area contributed by atoms with E-state index >= 15 is 0 Å². The van der Waals surface area contributed by atoms with E-state index in [2.05, 4.69) is 45.8 Å². The van der Waals surface area contributed by atoms with Gasteiger partial charge < -0.3 is 34.3 Å². The van der Waals surface area contributed by atoms with Crippen LogP contribution < -0.4 is 16.0 Å². The highest BCUT2D eigenvalue weighted by Gasteiger charge is 2.20. The second-order valence-corrected chi connectivity index (χ2v) is 11.2. The minimum atomic E-state index is -0.600. The van der Waals surface area contributed by atoms with Crippen molar-refractivity contribution in [1.82, 2.24) is 15.2 Å². The molecular weight excluding hydrogens is 588 g/mol. The van der Waals surface area contributed by atoms with E-state index < -0.39 is 18.2 Å². The third-order valence-electron chi connectivity index (χ3n) is 6.83. The minimum absolute atomic E-state index is 0.159. The average molecular weight is 629 g/mol. The first-order valence-corrected chi connectivity index (χ1v) is 15.1. The highest BCUT2D eigenvalue weighted by molar-refractivity contribution is 6.00. The van der Waals surface area contributed by atoms with Crippen LogP contribution in [0.2, 0.25) is 0 Å². The molecule has 0 spiro atoms. The number of benzene rings is 2. The van der Waals surface area contributed by atoms with Crippen molar-refractivity contribution in [2.45, 2.75) is 46.4 Å². The molecule has 0 radical (unpaired) electrons. The summed E-state index contributed by atoms with van der Waals surface area (Å²) < 4.78 is 22.3. The molecule has 12 heteroatoms. The van der Waals surface area contributed by atoms with Gasteiger partial charge in [0, 0.05) is 49.5 Å². The van der Waals surface area contributed by atoms with Crippen molar-refractivity contribution < 1.29 is 27.9 Å². The number of hydrogen-bond donors (Lipinski definition) is 3. The zero-order valence-electron chi connectivity index (χ0n) is 26.3. The lowest BCUT2D eigenvalue weighted by atomic mass is 10.1. The van der Waals surface area contributed by atoms with E-state index in [1.807, 2.05) is 31.2 Å². The van der Waals surface area contributed by atoms with Crippen LogP contribution in [0.3, 0.4) is 0 Å². The first-order valence-electron chi connectivity index (χ1n) is 15.1. The Hall–Kier alpha value is -5.12. The number of nitriles is 1. The number of rotatable bonds is 16. The second kappa shape index (κ2) is 17.4. The number of carbonyl (C=O) groups excluding carboxylic acids is 2. The summed E-state index contributed by atoms with van der Waals surface area (Å²) in [5.41, 5.74) is 3.77. The van der Waals surface area contributed by atoms with Gasteiger partial charge in [-0.3, -0.25) is 4.90 Å². The van der Waals surface area contributed by atoms with Gasteiger partial charge in [0.15, 0.2) is 12.2 Å². The standard InChI is InChI=1S/C34H40N6O6/c1-24(2)19-40(13-6-12-35)20-30(22-43-21-29-9-5-14-44-29)46-34(42)37-17-26-7-4-8-27(16-26)38-33(41)39-28-10-11-31(25(3)15-28)32-18-36-23-45-32/h4-5,7-11,14-16,18,23-24,30H,6,13,17,19-22H2,1-3H3,(H,37,42)(H2,38,39,41). The van der Waals surface area contributed by atoms with E-state index in [9.17, 15) is 9.59 Å². The van der Waals surface area contributed by atoms with Crippen LogP contribution in [0, 0.1) is 24.2 Å². The third kappa shape index (κ3) is 11.1. The molecule has 242 valence electrons. The number of aromatic nitrogens is 1. The molecule has 2 aromatic carbocycles. The second-order valence-electron chi connectivity index (χ2n) is 11.2. The normalized spacial score (nSPS) is 11.7. The van der Waals surface area contributed by atoms with Gasteiger partial charge in [-0.1, -0.05) is 26.0 Å². The summed E-state index contributed by atoms with van der Waals surface area (Å²) in [6.07, 6.45) is 3.79. The molecule has 0 fully saturated rings. The number of furan rings is 1. The molecule has 0 aliphatic carbocycles. The fraction of sp³-hybridized carbons (Fsp3) is 0.353. The Morgan fingerprint density at radius 3 is 2.57 bits per heavy atom. The van der Waals surface area contributed by atoms with Crippen molar-refractivity contribution in [1.29, 1.82) is 5.26 Å². The van der Waals surface area contributed by atoms with Crippen LogP contribution >= 0.6 is 0 Å². The van der Waals surface area contributed by atoms with Crippen molar-refractivity contribution in [2.24, 2.45) is 5.92 Å². The molecule has 0 aliphatic heterocycles. The number of aryl methyl sites for hydroxylation is 1. The Kier molecular flexibility index (Phi) is 12.8. The Morgan fingerprint density at radius 1 is 1.04 bits per heavy atom. The largest absolute Gasteiger partial charge is 0.467 e. The molecule has 2 heterocycles. The van der Waals surface area contributed by atoms with Crippen LogP contribution in [0.25, 0.3) is 11.3 Å². The van der Waals surface area contributed by atoms with Gasteiger partial charge in [0.1, 0.15) is 18.5 Å². The maximum atomic E-state index is 12.9. The SMILES string of the molecule is Cc1cc(NC(=O)Nc2cccc(CNC(=O)OC(COCc3ccco3)CN(CCC#N)CC(C)C)c2)ccc1-c1cnco1. The Bertz CT molecular complexity index is 1570. The maximum absolute atomic E-state index is 12.9. The predicted octanol–water partition coefficient (Wildman–Crippen LogP) is 6.57. The van der Waals surface area contributed by atoms with E-state index in [0.29, 0.717) is 48.3 Å². The quantitative estimate of drug-likeness (QED) is 0.125. The van der Waals surface area contributed by atoms with Crippen LogP contribution in [-0.2, 0) is 22.6 Å². The molecule has 1 atom stereocenters. The average Bonchev–Trinajstić information content (AvgIpc) is 3.74. The molecule has 1 unspecified atom stereocenters. The highest BCUT2D eigenvalue weighted by atomic mass is 16.6. The Balaban J connectivity index is 1.29. The molecule has 4 rings (SSSR count). The first-order chi connectivity index (χ1) is 22.3. The first kappa shape index (κ1) is 33.8. The van der Waals surface area contributed by atoms with Gasteiger partial charge in [-0.25, -0.2) is 14.6 Å². The van der Waals surface area contributed by atoms with Crippen molar-refractivity contribution in [2.75, 3.05) is 36.9 Å². The number of ether oxygens (including phenoxy) is 2. The molecule has 2 aromatic heterocycles. The van der Waals surface area contributed by atoms with E-state index in [1.54, 1.807) is 42.8 Å². The summed E-state index contributed by atoms with van der Waals surface area (Å²) in [4.78, 5) is 31.6. The molecular formula is C34H40N6O6.